The van der Waals surface area contributed by atoms with Crippen LogP contribution in [-0.2, 0) is 32.6 Å². The number of para-hydroxylation sites is 2. The van der Waals surface area contributed by atoms with Gasteiger partial charge in [-0.05, 0) is 67.3 Å². The van der Waals surface area contributed by atoms with E-state index in [1.165, 1.54) is 31.3 Å². The molecular weight excluding hydrogens is 627 g/mol. The normalized spacial score (nSPS) is 13.8. The van der Waals surface area contributed by atoms with E-state index in [9.17, 15) is 18.0 Å². The molecule has 5 rings (SSSR count). The molecule has 0 radical (unpaired) electrons. The number of nitrogens with one attached hydrogen (secondary N) is 1. The Hall–Kier alpha value is -4.83. The van der Waals surface area contributed by atoms with E-state index >= 15 is 0 Å². The minimum atomic E-state index is -4.29. The highest BCUT2D eigenvalue weighted by molar-refractivity contribution is 7.92. The van der Waals surface area contributed by atoms with E-state index in [1.54, 1.807) is 36.4 Å². The second-order valence-electron chi connectivity index (χ2n) is 12.1. The van der Waals surface area contributed by atoms with Crippen molar-refractivity contribution in [2.24, 2.45) is 0 Å². The Labute approximate surface area is 283 Å². The third-order valence-electron chi connectivity index (χ3n) is 8.73. The number of ether oxygens (including phenoxy) is 2. The fourth-order valence-electron chi connectivity index (χ4n) is 6.04. The van der Waals surface area contributed by atoms with Gasteiger partial charge in [-0.15, -0.1) is 0 Å². The zero-order valence-corrected chi connectivity index (χ0v) is 28.5. The number of methoxy groups -OCH3 is 2. The molecule has 0 aromatic heterocycles. The molecule has 1 aliphatic carbocycles. The van der Waals surface area contributed by atoms with Crippen molar-refractivity contribution < 1.29 is 27.5 Å². The van der Waals surface area contributed by atoms with Crippen molar-refractivity contribution >= 4 is 27.5 Å². The van der Waals surface area contributed by atoms with Gasteiger partial charge in [0.25, 0.3) is 10.0 Å². The van der Waals surface area contributed by atoms with E-state index in [-0.39, 0.29) is 41.2 Å². The number of anilines is 1. The third kappa shape index (κ3) is 8.36. The van der Waals surface area contributed by atoms with Gasteiger partial charge in [0.15, 0.2) is 0 Å². The number of aryl methyl sites for hydroxylation is 1. The second kappa shape index (κ2) is 15.8. The molecule has 9 nitrogen and oxygen atoms in total. The van der Waals surface area contributed by atoms with Crippen molar-refractivity contribution in [2.45, 2.75) is 62.6 Å². The van der Waals surface area contributed by atoms with Crippen LogP contribution < -0.4 is 19.1 Å². The lowest BCUT2D eigenvalue weighted by molar-refractivity contribution is -0.140. The number of hydrogen-bond acceptors (Lipinski definition) is 6. The van der Waals surface area contributed by atoms with Crippen LogP contribution in [0.1, 0.15) is 42.4 Å². The number of rotatable bonds is 14. The largest absolute Gasteiger partial charge is 0.497 e. The Kier molecular flexibility index (Phi) is 11.4. The smallest absolute Gasteiger partial charge is 0.264 e. The maximum Gasteiger partial charge on any atom is 0.264 e. The van der Waals surface area contributed by atoms with Crippen molar-refractivity contribution in [3.8, 4) is 11.5 Å². The maximum atomic E-state index is 14.7. The van der Waals surface area contributed by atoms with Gasteiger partial charge in [0.1, 0.15) is 24.1 Å². The Balaban J connectivity index is 1.58. The average molecular weight is 670 g/mol. The minimum absolute atomic E-state index is 0.0214. The van der Waals surface area contributed by atoms with Gasteiger partial charge in [0, 0.05) is 19.0 Å². The van der Waals surface area contributed by atoms with E-state index in [4.69, 9.17) is 9.47 Å². The van der Waals surface area contributed by atoms with Crippen LogP contribution in [0.15, 0.2) is 108 Å². The molecule has 1 aliphatic rings. The van der Waals surface area contributed by atoms with Crippen LogP contribution in [0.2, 0.25) is 0 Å². The number of carbonyl (C=O) groups is 2. The van der Waals surface area contributed by atoms with Gasteiger partial charge >= 0.3 is 0 Å². The summed E-state index contributed by atoms with van der Waals surface area (Å²) in [4.78, 5) is 30.4. The second-order valence-corrected chi connectivity index (χ2v) is 13.9. The van der Waals surface area contributed by atoms with Crippen LogP contribution in [0.4, 0.5) is 5.69 Å². The molecule has 1 atom stereocenters. The van der Waals surface area contributed by atoms with Crippen LogP contribution in [0.25, 0.3) is 0 Å². The molecule has 1 fully saturated rings. The lowest BCUT2D eigenvalue weighted by Crippen LogP contribution is -2.54. The number of hydrogen-bond donors (Lipinski definition) is 1. The highest BCUT2D eigenvalue weighted by atomic mass is 32.2. The first kappa shape index (κ1) is 34.5. The molecule has 0 aliphatic heterocycles. The van der Waals surface area contributed by atoms with E-state index in [1.807, 2.05) is 61.5 Å². The lowest BCUT2D eigenvalue weighted by atomic mass is 10.0. The first-order valence-corrected chi connectivity index (χ1v) is 17.6. The maximum absolute atomic E-state index is 14.7. The molecular formula is C38H43N3O6S. The Morgan fingerprint density at radius 2 is 1.46 bits per heavy atom. The molecule has 4 aromatic carbocycles. The predicted octanol–water partition coefficient (Wildman–Crippen LogP) is 5.91. The van der Waals surface area contributed by atoms with Crippen molar-refractivity contribution in [2.75, 3.05) is 25.1 Å². The fourth-order valence-corrected chi connectivity index (χ4v) is 7.46. The topological polar surface area (TPSA) is 105 Å². The zero-order valence-electron chi connectivity index (χ0n) is 27.7. The quantitative estimate of drug-likeness (QED) is 0.179. The Morgan fingerprint density at radius 3 is 2.10 bits per heavy atom. The number of sulfonamides is 1. The Morgan fingerprint density at radius 1 is 0.812 bits per heavy atom. The molecule has 2 amide bonds. The van der Waals surface area contributed by atoms with E-state index < -0.39 is 28.5 Å². The van der Waals surface area contributed by atoms with Gasteiger partial charge in [0.05, 0.1) is 24.8 Å². The summed E-state index contributed by atoms with van der Waals surface area (Å²) in [6.07, 6.45) is 4.11. The molecule has 0 saturated heterocycles. The highest BCUT2D eigenvalue weighted by Gasteiger charge is 2.36. The third-order valence-corrected chi connectivity index (χ3v) is 10.5. The van der Waals surface area contributed by atoms with E-state index in [0.29, 0.717) is 5.75 Å². The Bertz CT molecular complexity index is 1770. The van der Waals surface area contributed by atoms with Crippen molar-refractivity contribution in [3.63, 3.8) is 0 Å². The monoisotopic (exact) mass is 669 g/mol. The number of amides is 2. The molecule has 10 heteroatoms. The molecule has 1 saturated carbocycles. The molecule has 0 heterocycles. The standard InChI is InChI=1S/C38H43N3O6S/c1-28-17-19-30(20-18-28)26-40(35(25-29-11-5-4-6-12-29)38(43)39-31-13-7-8-14-31)37(42)27-41(34-15-9-10-16-36(34)47-3)48(44,45)33-23-21-32(46-2)22-24-33/h4-6,9-12,15-24,31,35H,7-8,13-14,25-27H2,1-3H3,(H,39,43)/t35-/m0/s1. The average Bonchev–Trinajstić information content (AvgIpc) is 3.62. The van der Waals surface area contributed by atoms with E-state index in [2.05, 4.69) is 5.32 Å². The summed E-state index contributed by atoms with van der Waals surface area (Å²) < 4.78 is 40.6. The van der Waals surface area contributed by atoms with Gasteiger partial charge in [-0.3, -0.25) is 13.9 Å². The number of nitrogens with zero attached hydrogens (tertiary/aromatic N) is 2. The minimum Gasteiger partial charge on any atom is -0.497 e. The van der Waals surface area contributed by atoms with Crippen molar-refractivity contribution in [1.29, 1.82) is 0 Å². The number of carbonyl (C=O) groups excluding carboxylic acids is 2. The van der Waals surface area contributed by atoms with Gasteiger partial charge in [0.2, 0.25) is 11.8 Å². The molecule has 0 unspecified atom stereocenters. The summed E-state index contributed by atoms with van der Waals surface area (Å²) in [7, 11) is -1.34. The molecule has 48 heavy (non-hydrogen) atoms. The van der Waals surface area contributed by atoms with Crippen LogP contribution in [0.5, 0.6) is 11.5 Å². The molecule has 0 spiro atoms. The van der Waals surface area contributed by atoms with Gasteiger partial charge in [-0.1, -0.05) is 85.1 Å². The van der Waals surface area contributed by atoms with E-state index in [0.717, 1.165) is 46.7 Å². The lowest BCUT2D eigenvalue weighted by Gasteiger charge is -2.34. The summed E-state index contributed by atoms with van der Waals surface area (Å²) in [5.41, 5.74) is 2.97. The molecule has 4 aromatic rings. The van der Waals surface area contributed by atoms with Crippen LogP contribution in [-0.4, -0.2) is 58.0 Å². The van der Waals surface area contributed by atoms with Gasteiger partial charge < -0.3 is 19.7 Å². The van der Waals surface area contributed by atoms with Crippen LogP contribution in [0, 0.1) is 6.92 Å². The summed E-state index contributed by atoms with van der Waals surface area (Å²) >= 11 is 0. The fraction of sp³-hybridized carbons (Fsp3) is 0.316. The molecule has 0 bridgehead atoms. The van der Waals surface area contributed by atoms with Crippen molar-refractivity contribution in [1.82, 2.24) is 10.2 Å². The highest BCUT2D eigenvalue weighted by Crippen LogP contribution is 2.33. The summed E-state index contributed by atoms with van der Waals surface area (Å²) in [6, 6.07) is 29.1. The number of benzene rings is 4. The van der Waals surface area contributed by atoms with Crippen molar-refractivity contribution in [3.05, 3.63) is 120 Å². The van der Waals surface area contributed by atoms with Crippen LogP contribution >= 0.6 is 0 Å². The zero-order chi connectivity index (χ0) is 34.1. The first-order valence-electron chi connectivity index (χ1n) is 16.2. The first-order chi connectivity index (χ1) is 23.2. The summed E-state index contributed by atoms with van der Waals surface area (Å²) in [5.74, 6) is -0.00316. The molecule has 252 valence electrons. The van der Waals surface area contributed by atoms with Crippen LogP contribution in [0.3, 0.4) is 0 Å². The predicted molar refractivity (Wildman–Crippen MR) is 187 cm³/mol. The SMILES string of the molecule is COc1ccc(S(=O)(=O)N(CC(=O)N(Cc2ccc(C)cc2)[C@@H](Cc2ccccc2)C(=O)NC2CCCC2)c2ccccc2OC)cc1. The molecule has 1 N–H and O–H groups in total. The van der Waals surface area contributed by atoms with Gasteiger partial charge in [-0.2, -0.15) is 0 Å². The van der Waals surface area contributed by atoms with Gasteiger partial charge in [-0.25, -0.2) is 8.42 Å². The summed E-state index contributed by atoms with van der Waals surface area (Å²) in [5, 5.41) is 3.20. The summed E-state index contributed by atoms with van der Waals surface area (Å²) in [6.45, 7) is 1.52.